The number of amides is 1. The molecule has 1 amide bonds. The number of carbonyl (C=O) groups excluding carboxylic acids is 1. The van der Waals surface area contributed by atoms with Crippen LogP contribution in [-0.2, 0) is 0 Å². The maximum atomic E-state index is 11.6. The number of rotatable bonds is 13. The summed E-state index contributed by atoms with van der Waals surface area (Å²) in [5, 5.41) is 3.51. The van der Waals surface area contributed by atoms with Crippen LogP contribution in [0.3, 0.4) is 0 Å². The third kappa shape index (κ3) is 6.33. The Labute approximate surface area is 259 Å². The Hall–Kier alpha value is -2.93. The van der Waals surface area contributed by atoms with E-state index >= 15 is 0 Å². The van der Waals surface area contributed by atoms with Crippen LogP contribution in [0.5, 0.6) is 0 Å². The van der Waals surface area contributed by atoms with Gasteiger partial charge in [-0.2, -0.15) is 0 Å². The van der Waals surface area contributed by atoms with Gasteiger partial charge >= 0.3 is 0 Å². The number of imidazole rings is 1. The second-order valence-electron chi connectivity index (χ2n) is 13.3. The number of unbranched alkanes of at least 4 members (excludes halogenated alkanes) is 2. The van der Waals surface area contributed by atoms with Crippen LogP contribution < -0.4 is 11.1 Å². The third-order valence-electron chi connectivity index (χ3n) is 10.9. The lowest BCUT2D eigenvalue weighted by molar-refractivity contribution is 0.100. The predicted octanol–water partition coefficient (Wildman–Crippen LogP) is 8.29. The summed E-state index contributed by atoms with van der Waals surface area (Å²) < 4.78 is 0. The fourth-order valence-electron chi connectivity index (χ4n) is 8.22. The fraction of sp³-hybridized carbons (Fsp3) is 0.639. The highest BCUT2D eigenvalue weighted by Gasteiger charge is 2.91. The Morgan fingerprint density at radius 3 is 2.30 bits per heavy atom. The zero-order valence-electron chi connectivity index (χ0n) is 27.9. The monoisotopic (exact) mass is 588 g/mol. The molecule has 2 heterocycles. The maximum absolute atomic E-state index is 11.6. The van der Waals surface area contributed by atoms with Gasteiger partial charge in [-0.15, -0.1) is 0 Å². The smallest absolute Gasteiger partial charge is 0.251 e. The van der Waals surface area contributed by atoms with E-state index in [1.54, 1.807) is 25.1 Å². The van der Waals surface area contributed by atoms with Crippen molar-refractivity contribution in [1.29, 1.82) is 0 Å². The van der Waals surface area contributed by atoms with Crippen LogP contribution in [0.1, 0.15) is 110 Å². The summed E-state index contributed by atoms with van der Waals surface area (Å²) >= 11 is 0. The molecule has 3 saturated carbocycles. The van der Waals surface area contributed by atoms with Gasteiger partial charge in [-0.1, -0.05) is 61.3 Å². The molecule has 7 nitrogen and oxygen atoms in total. The van der Waals surface area contributed by atoms with Gasteiger partial charge in [-0.3, -0.25) is 4.79 Å². The Morgan fingerprint density at radius 1 is 1.02 bits per heavy atom. The molecule has 43 heavy (non-hydrogen) atoms. The molecule has 6 rings (SSSR count). The highest BCUT2D eigenvalue weighted by molar-refractivity contribution is 6.03. The largest absolute Gasteiger partial charge is 0.385 e. The van der Waals surface area contributed by atoms with E-state index in [2.05, 4.69) is 71.9 Å². The van der Waals surface area contributed by atoms with Crippen molar-refractivity contribution in [2.75, 3.05) is 31.5 Å². The number of pyridine rings is 1. The number of primary amides is 1. The van der Waals surface area contributed by atoms with Crippen LogP contribution in [0.25, 0.3) is 22.6 Å². The van der Waals surface area contributed by atoms with Crippen LogP contribution in [-0.4, -0.2) is 51.9 Å². The second-order valence-corrected chi connectivity index (χ2v) is 13.3. The Kier molecular flexibility index (Phi) is 10.6. The zero-order chi connectivity index (χ0) is 31.3. The Bertz CT molecular complexity index is 1340. The number of carbonyl (C=O) groups is 1. The molecule has 0 radical (unpaired) electrons. The number of hydrogen-bond donors (Lipinski definition) is 3. The molecule has 0 saturated heterocycles. The second kappa shape index (κ2) is 13.8. The molecule has 0 bridgehead atoms. The number of fused-ring (bicyclic) bond motifs is 1. The summed E-state index contributed by atoms with van der Waals surface area (Å²) in [4.78, 5) is 26.1. The number of nitrogens with two attached hydrogens (primary N) is 1. The molecule has 3 aliphatic carbocycles. The lowest BCUT2D eigenvalue weighted by Gasteiger charge is -2.21. The summed E-state index contributed by atoms with van der Waals surface area (Å²) in [5.41, 5.74) is 11.3. The van der Waals surface area contributed by atoms with E-state index in [1.165, 1.54) is 45.2 Å². The molecule has 3 aliphatic rings. The molecule has 7 heteroatoms. The Balaban J connectivity index is 0.000000289. The number of anilines is 1. The minimum Gasteiger partial charge on any atom is -0.385 e. The summed E-state index contributed by atoms with van der Waals surface area (Å²) in [6.07, 6.45) is 12.4. The molecule has 4 N–H and O–H groups in total. The van der Waals surface area contributed by atoms with Gasteiger partial charge in [0.2, 0.25) is 0 Å². The van der Waals surface area contributed by atoms with E-state index in [0.717, 1.165) is 47.5 Å². The summed E-state index contributed by atoms with van der Waals surface area (Å²) in [6.45, 7) is 20.4. The van der Waals surface area contributed by atoms with Crippen LogP contribution >= 0.6 is 0 Å². The lowest BCUT2D eigenvalue weighted by atomic mass is 9.93. The lowest BCUT2D eigenvalue weighted by Crippen LogP contribution is -2.28. The van der Waals surface area contributed by atoms with E-state index < -0.39 is 5.91 Å². The summed E-state index contributed by atoms with van der Waals surface area (Å²) in [6, 6.07) is 9.73. The van der Waals surface area contributed by atoms with E-state index in [-0.39, 0.29) is 0 Å². The minimum absolute atomic E-state index is 0.397. The van der Waals surface area contributed by atoms with Crippen molar-refractivity contribution in [2.24, 2.45) is 27.9 Å². The first-order valence-corrected chi connectivity index (χ1v) is 16.9. The highest BCUT2D eigenvalue weighted by atomic mass is 16.1. The van der Waals surface area contributed by atoms with E-state index in [4.69, 9.17) is 5.73 Å². The van der Waals surface area contributed by atoms with Crippen molar-refractivity contribution in [3.05, 3.63) is 42.1 Å². The maximum Gasteiger partial charge on any atom is 0.251 e. The standard InChI is InChI=1S/C24H34N6O.C10H16.C2H6/c1-3-5-6-16-30(15-4-2)17-7-13-26-19-10-8-18(9-11-19)23-28-21-20(22(25)31)12-14-27-24(21)29-23;1-8(2)9(3)5-4-7-6-10(7,8)9;1-2/h8-12,14,26H,3-7,13,15-17H2,1-2H3,(H2,25,31)(H,27,28,29);7H,4-6H2,1-3H3;1-2H3/t;7?,9-,10?;/m.0./s1. The van der Waals surface area contributed by atoms with Crippen LogP contribution in [0, 0.1) is 22.2 Å². The van der Waals surface area contributed by atoms with Crippen LogP contribution in [0.2, 0.25) is 0 Å². The average Bonchev–Trinajstić information content (AvgIpc) is 3.65. The third-order valence-corrected chi connectivity index (χ3v) is 10.9. The van der Waals surface area contributed by atoms with Crippen molar-refractivity contribution in [3.63, 3.8) is 0 Å². The summed E-state index contributed by atoms with van der Waals surface area (Å²) in [7, 11) is 0. The first-order valence-electron chi connectivity index (χ1n) is 16.9. The predicted molar refractivity (Wildman–Crippen MR) is 180 cm³/mol. The van der Waals surface area contributed by atoms with Gasteiger partial charge in [0, 0.05) is 24.0 Å². The van der Waals surface area contributed by atoms with Crippen molar-refractivity contribution in [2.45, 2.75) is 99.8 Å². The number of aromatic nitrogens is 3. The van der Waals surface area contributed by atoms with Gasteiger partial charge in [0.05, 0.1) is 11.1 Å². The molecular weight excluding hydrogens is 532 g/mol. The van der Waals surface area contributed by atoms with Gasteiger partial charge in [0.15, 0.2) is 5.65 Å². The first-order chi connectivity index (χ1) is 20.7. The van der Waals surface area contributed by atoms with Gasteiger partial charge in [-0.05, 0) is 111 Å². The van der Waals surface area contributed by atoms with Crippen LogP contribution in [0.4, 0.5) is 5.69 Å². The van der Waals surface area contributed by atoms with E-state index in [9.17, 15) is 4.79 Å². The molecule has 1 spiro atoms. The van der Waals surface area contributed by atoms with Gasteiger partial charge < -0.3 is 20.9 Å². The molecule has 3 atom stereocenters. The van der Waals surface area contributed by atoms with Crippen LogP contribution in [0.15, 0.2) is 36.5 Å². The topological polar surface area (TPSA) is 99.9 Å². The molecule has 236 valence electrons. The van der Waals surface area contributed by atoms with E-state index in [0.29, 0.717) is 28.0 Å². The first kappa shape index (κ1) is 33.0. The molecular formula is C36H56N6O. The number of benzene rings is 1. The zero-order valence-corrected chi connectivity index (χ0v) is 27.9. The molecule has 1 aromatic carbocycles. The number of aromatic amines is 1. The van der Waals surface area contributed by atoms with Gasteiger partial charge in [0.1, 0.15) is 5.82 Å². The van der Waals surface area contributed by atoms with Crippen molar-refractivity contribution in [1.82, 2.24) is 19.9 Å². The van der Waals surface area contributed by atoms with Crippen molar-refractivity contribution in [3.8, 4) is 11.4 Å². The van der Waals surface area contributed by atoms with Gasteiger partial charge in [0.25, 0.3) is 5.91 Å². The molecule has 3 fully saturated rings. The van der Waals surface area contributed by atoms with Gasteiger partial charge in [-0.25, -0.2) is 9.97 Å². The number of H-pyrrole nitrogens is 1. The number of nitrogens with one attached hydrogen (secondary N) is 2. The quantitative estimate of drug-likeness (QED) is 0.174. The SMILES string of the molecule is CC.CC1(C)C23CC2CC[C@@]13C.CCCCCN(CCC)CCCNc1ccc(-c2nc3nccc(C(N)=O)c3[nH]2)cc1. The highest BCUT2D eigenvalue weighted by Crippen LogP contribution is 2.97. The fourth-order valence-corrected chi connectivity index (χ4v) is 8.22. The number of hydrogen-bond acceptors (Lipinski definition) is 5. The van der Waals surface area contributed by atoms with Crippen molar-refractivity contribution < 1.29 is 4.79 Å². The molecule has 2 aromatic heterocycles. The molecule has 3 aromatic rings. The minimum atomic E-state index is -0.495. The Morgan fingerprint density at radius 2 is 1.74 bits per heavy atom. The normalized spacial score (nSPS) is 23.9. The molecule has 0 aliphatic heterocycles. The molecule has 2 unspecified atom stereocenters. The average molecular weight is 589 g/mol. The number of nitrogens with zero attached hydrogens (tertiary/aromatic N) is 3. The van der Waals surface area contributed by atoms with Crippen molar-refractivity contribution >= 4 is 22.8 Å². The summed E-state index contributed by atoms with van der Waals surface area (Å²) in [5.74, 6) is 1.32. The van der Waals surface area contributed by atoms with E-state index in [1.807, 2.05) is 26.0 Å².